The lowest BCUT2D eigenvalue weighted by Crippen LogP contribution is -2.26. The summed E-state index contributed by atoms with van der Waals surface area (Å²) in [6.45, 7) is 0.580. The van der Waals surface area contributed by atoms with Gasteiger partial charge in [-0.1, -0.05) is 0 Å². The van der Waals surface area contributed by atoms with E-state index in [2.05, 4.69) is 10.3 Å². The highest BCUT2D eigenvalue weighted by Crippen LogP contribution is 2.20. The fraction of sp³-hybridized carbons (Fsp3) is 0.545. The number of thioether (sulfide) groups is 1. The van der Waals surface area contributed by atoms with Crippen LogP contribution in [0.4, 0.5) is 5.82 Å². The minimum absolute atomic E-state index is 0.573. The van der Waals surface area contributed by atoms with E-state index in [1.54, 1.807) is 0 Å². The van der Waals surface area contributed by atoms with E-state index in [0.29, 0.717) is 12.6 Å². The molecule has 3 nitrogen and oxygen atoms in total. The molecule has 1 atom stereocenters. The van der Waals surface area contributed by atoms with Crippen LogP contribution in [0.3, 0.4) is 0 Å². The number of hydrogen-bond acceptors (Lipinski definition) is 4. The third-order valence-electron chi connectivity index (χ3n) is 2.57. The Balaban J connectivity index is 1.96. The first-order chi connectivity index (χ1) is 7.38. The SMILES string of the molecule is NCc1ccnc(NC2CCCSC2)c1. The zero-order valence-electron chi connectivity index (χ0n) is 8.78. The van der Waals surface area contributed by atoms with Crippen molar-refractivity contribution in [1.29, 1.82) is 0 Å². The van der Waals surface area contributed by atoms with Crippen LogP contribution in [0.1, 0.15) is 18.4 Å². The van der Waals surface area contributed by atoms with Crippen molar-refractivity contribution in [3.8, 4) is 0 Å². The van der Waals surface area contributed by atoms with E-state index in [4.69, 9.17) is 5.73 Å². The summed E-state index contributed by atoms with van der Waals surface area (Å²) in [5.41, 5.74) is 6.73. The molecule has 1 saturated heterocycles. The number of rotatable bonds is 3. The van der Waals surface area contributed by atoms with E-state index in [1.807, 2.05) is 30.1 Å². The maximum Gasteiger partial charge on any atom is 0.126 e. The first kappa shape index (κ1) is 10.8. The van der Waals surface area contributed by atoms with Gasteiger partial charge in [-0.05, 0) is 36.3 Å². The molecule has 0 aromatic carbocycles. The molecule has 4 heteroatoms. The van der Waals surface area contributed by atoms with E-state index < -0.39 is 0 Å². The summed E-state index contributed by atoms with van der Waals surface area (Å²) in [4.78, 5) is 4.31. The predicted octanol–water partition coefficient (Wildman–Crippen LogP) is 1.85. The molecule has 2 rings (SSSR count). The van der Waals surface area contributed by atoms with Crippen LogP contribution in [-0.2, 0) is 6.54 Å². The van der Waals surface area contributed by atoms with Gasteiger partial charge in [-0.2, -0.15) is 11.8 Å². The first-order valence-electron chi connectivity index (χ1n) is 5.38. The third kappa shape index (κ3) is 3.11. The highest BCUT2D eigenvalue weighted by Gasteiger charge is 2.13. The number of nitrogens with two attached hydrogens (primary N) is 1. The fourth-order valence-corrected chi connectivity index (χ4v) is 2.82. The molecule has 1 aromatic heterocycles. The van der Waals surface area contributed by atoms with Crippen molar-refractivity contribution in [2.75, 3.05) is 16.8 Å². The summed E-state index contributed by atoms with van der Waals surface area (Å²) in [7, 11) is 0. The Labute approximate surface area is 94.8 Å². The Morgan fingerprint density at radius 2 is 2.53 bits per heavy atom. The van der Waals surface area contributed by atoms with Gasteiger partial charge in [0, 0.05) is 24.5 Å². The second kappa shape index (κ2) is 5.37. The molecule has 1 fully saturated rings. The second-order valence-corrected chi connectivity index (χ2v) is 4.96. The van der Waals surface area contributed by atoms with Gasteiger partial charge in [-0.3, -0.25) is 0 Å². The predicted molar refractivity (Wildman–Crippen MR) is 66.1 cm³/mol. The van der Waals surface area contributed by atoms with Crippen LogP contribution in [0.2, 0.25) is 0 Å². The highest BCUT2D eigenvalue weighted by atomic mass is 32.2. The van der Waals surface area contributed by atoms with Crippen LogP contribution in [0.5, 0.6) is 0 Å². The van der Waals surface area contributed by atoms with Crippen molar-refractivity contribution in [3.63, 3.8) is 0 Å². The molecule has 1 aliphatic heterocycles. The summed E-state index contributed by atoms with van der Waals surface area (Å²) < 4.78 is 0. The second-order valence-electron chi connectivity index (χ2n) is 3.81. The molecule has 2 heterocycles. The van der Waals surface area contributed by atoms with Crippen molar-refractivity contribution in [3.05, 3.63) is 23.9 Å². The van der Waals surface area contributed by atoms with Gasteiger partial charge in [0.25, 0.3) is 0 Å². The fourth-order valence-electron chi connectivity index (χ4n) is 1.74. The monoisotopic (exact) mass is 223 g/mol. The average Bonchev–Trinajstić information content (AvgIpc) is 2.31. The molecule has 0 radical (unpaired) electrons. The van der Waals surface area contributed by atoms with Crippen LogP contribution in [0.15, 0.2) is 18.3 Å². The van der Waals surface area contributed by atoms with Gasteiger partial charge < -0.3 is 11.1 Å². The van der Waals surface area contributed by atoms with E-state index in [9.17, 15) is 0 Å². The van der Waals surface area contributed by atoms with Crippen molar-refractivity contribution < 1.29 is 0 Å². The normalized spacial score (nSPS) is 21.3. The Morgan fingerprint density at radius 1 is 1.60 bits per heavy atom. The summed E-state index contributed by atoms with van der Waals surface area (Å²) >= 11 is 2.02. The lowest BCUT2D eigenvalue weighted by atomic mass is 10.2. The number of anilines is 1. The molecule has 1 aromatic rings. The van der Waals surface area contributed by atoms with E-state index >= 15 is 0 Å². The van der Waals surface area contributed by atoms with Gasteiger partial charge in [0.15, 0.2) is 0 Å². The molecule has 3 N–H and O–H groups in total. The maximum atomic E-state index is 5.59. The van der Waals surface area contributed by atoms with Crippen LogP contribution >= 0.6 is 11.8 Å². The molecule has 0 bridgehead atoms. The molecule has 0 saturated carbocycles. The van der Waals surface area contributed by atoms with Gasteiger partial charge in [0.05, 0.1) is 0 Å². The van der Waals surface area contributed by atoms with Gasteiger partial charge in [-0.25, -0.2) is 4.98 Å². The van der Waals surface area contributed by atoms with Crippen molar-refractivity contribution >= 4 is 17.6 Å². The van der Waals surface area contributed by atoms with E-state index in [-0.39, 0.29) is 0 Å². The van der Waals surface area contributed by atoms with E-state index in [0.717, 1.165) is 11.4 Å². The lowest BCUT2D eigenvalue weighted by molar-refractivity contribution is 0.682. The Morgan fingerprint density at radius 3 is 3.27 bits per heavy atom. The quantitative estimate of drug-likeness (QED) is 0.821. The minimum atomic E-state index is 0.573. The number of nitrogens with zero attached hydrogens (tertiary/aromatic N) is 1. The van der Waals surface area contributed by atoms with Crippen LogP contribution < -0.4 is 11.1 Å². The molecule has 0 amide bonds. The topological polar surface area (TPSA) is 50.9 Å². The Kier molecular flexibility index (Phi) is 3.86. The van der Waals surface area contributed by atoms with Crippen LogP contribution in [0, 0.1) is 0 Å². The first-order valence-corrected chi connectivity index (χ1v) is 6.53. The van der Waals surface area contributed by atoms with Gasteiger partial charge in [0.2, 0.25) is 0 Å². The molecule has 82 valence electrons. The summed E-state index contributed by atoms with van der Waals surface area (Å²) in [5, 5.41) is 3.47. The van der Waals surface area contributed by atoms with Crippen molar-refractivity contribution in [2.45, 2.75) is 25.4 Å². The van der Waals surface area contributed by atoms with Gasteiger partial charge in [-0.15, -0.1) is 0 Å². The van der Waals surface area contributed by atoms with E-state index in [1.165, 1.54) is 24.3 Å². The minimum Gasteiger partial charge on any atom is -0.367 e. The number of nitrogens with one attached hydrogen (secondary N) is 1. The lowest BCUT2D eigenvalue weighted by Gasteiger charge is -2.23. The summed E-state index contributed by atoms with van der Waals surface area (Å²) in [6, 6.07) is 4.57. The van der Waals surface area contributed by atoms with Crippen molar-refractivity contribution in [2.24, 2.45) is 5.73 Å². The van der Waals surface area contributed by atoms with Gasteiger partial charge >= 0.3 is 0 Å². The Bertz CT molecular complexity index is 310. The standard InChI is InChI=1S/C11H17N3S/c12-7-9-3-4-13-11(6-9)14-10-2-1-5-15-8-10/h3-4,6,10H,1-2,5,7-8,12H2,(H,13,14). The smallest absolute Gasteiger partial charge is 0.126 e. The molecule has 0 aliphatic carbocycles. The highest BCUT2D eigenvalue weighted by molar-refractivity contribution is 7.99. The number of pyridine rings is 1. The summed E-state index contributed by atoms with van der Waals surface area (Å²) in [6.07, 6.45) is 4.38. The van der Waals surface area contributed by atoms with Crippen LogP contribution in [-0.4, -0.2) is 22.5 Å². The maximum absolute atomic E-state index is 5.59. The van der Waals surface area contributed by atoms with Crippen LogP contribution in [0.25, 0.3) is 0 Å². The molecule has 15 heavy (non-hydrogen) atoms. The molecule has 0 spiro atoms. The van der Waals surface area contributed by atoms with Gasteiger partial charge in [0.1, 0.15) is 5.82 Å². The average molecular weight is 223 g/mol. The summed E-state index contributed by atoms with van der Waals surface area (Å²) in [5.74, 6) is 3.45. The number of aromatic nitrogens is 1. The number of hydrogen-bond donors (Lipinski definition) is 2. The zero-order chi connectivity index (χ0) is 10.5. The zero-order valence-corrected chi connectivity index (χ0v) is 9.59. The van der Waals surface area contributed by atoms with Crippen molar-refractivity contribution in [1.82, 2.24) is 4.98 Å². The molecular formula is C11H17N3S. The third-order valence-corrected chi connectivity index (χ3v) is 3.79. The molecular weight excluding hydrogens is 206 g/mol. The molecule has 1 unspecified atom stereocenters. The Hall–Kier alpha value is -0.740. The largest absolute Gasteiger partial charge is 0.367 e. The molecule has 1 aliphatic rings.